The Morgan fingerprint density at radius 2 is 1.65 bits per heavy atom. The number of benzene rings is 2. The molecule has 2 aromatic rings. The summed E-state index contributed by atoms with van der Waals surface area (Å²) in [7, 11) is -3.54. The van der Waals surface area contributed by atoms with Gasteiger partial charge in [0.05, 0.1) is 4.90 Å². The van der Waals surface area contributed by atoms with E-state index < -0.39 is 10.0 Å². The van der Waals surface area contributed by atoms with Crippen molar-refractivity contribution < 1.29 is 22.7 Å². The van der Waals surface area contributed by atoms with Crippen LogP contribution in [0.3, 0.4) is 0 Å². The van der Waals surface area contributed by atoms with Crippen molar-refractivity contribution in [1.82, 2.24) is 9.62 Å². The first kappa shape index (κ1) is 21.6. The number of hydrogen-bond donors (Lipinski definition) is 1. The number of carbonyl (C=O) groups excluding carboxylic acids is 1. The Morgan fingerprint density at radius 3 is 2.29 bits per heavy atom. The Bertz CT molecular complexity index is 1070. The predicted molar refractivity (Wildman–Crippen MR) is 117 cm³/mol. The molecule has 2 aromatic carbocycles. The van der Waals surface area contributed by atoms with Crippen LogP contribution in [0.2, 0.25) is 0 Å². The van der Waals surface area contributed by atoms with Gasteiger partial charge in [-0.1, -0.05) is 32.9 Å². The van der Waals surface area contributed by atoms with Crippen molar-refractivity contribution in [3.05, 3.63) is 53.6 Å². The van der Waals surface area contributed by atoms with Gasteiger partial charge >= 0.3 is 0 Å². The van der Waals surface area contributed by atoms with E-state index in [0.717, 1.165) is 5.56 Å². The smallest absolute Gasteiger partial charge is 0.251 e. The van der Waals surface area contributed by atoms with Gasteiger partial charge in [0, 0.05) is 24.7 Å². The number of piperidine rings is 1. The number of fused-ring (bicyclic) bond motifs is 1. The van der Waals surface area contributed by atoms with E-state index in [1.807, 2.05) is 12.1 Å². The third-order valence-electron chi connectivity index (χ3n) is 5.78. The zero-order valence-electron chi connectivity index (χ0n) is 18.1. The fourth-order valence-corrected chi connectivity index (χ4v) is 5.29. The molecule has 0 saturated carbocycles. The molecule has 0 aliphatic carbocycles. The summed E-state index contributed by atoms with van der Waals surface area (Å²) in [6.07, 6.45) is 1.13. The first-order valence-corrected chi connectivity index (χ1v) is 11.9. The lowest BCUT2D eigenvalue weighted by Gasteiger charge is -2.31. The number of hydrogen-bond acceptors (Lipinski definition) is 5. The molecular weight excluding hydrogens is 416 g/mol. The van der Waals surface area contributed by atoms with E-state index >= 15 is 0 Å². The molecule has 0 spiro atoms. The first-order chi connectivity index (χ1) is 14.6. The predicted octanol–water partition coefficient (Wildman–Crippen LogP) is 3.30. The molecule has 1 amide bonds. The van der Waals surface area contributed by atoms with Crippen LogP contribution in [0.1, 0.15) is 49.5 Å². The van der Waals surface area contributed by atoms with E-state index in [1.54, 1.807) is 30.3 Å². The molecule has 2 heterocycles. The number of rotatable bonds is 4. The average molecular weight is 445 g/mol. The lowest BCUT2D eigenvalue weighted by Crippen LogP contribution is -2.46. The van der Waals surface area contributed by atoms with Crippen molar-refractivity contribution in [3.63, 3.8) is 0 Å². The van der Waals surface area contributed by atoms with Gasteiger partial charge in [0.1, 0.15) is 0 Å². The second-order valence-electron chi connectivity index (χ2n) is 8.99. The number of amides is 1. The minimum Gasteiger partial charge on any atom is -0.454 e. The topological polar surface area (TPSA) is 84.9 Å². The Balaban J connectivity index is 1.36. The maximum Gasteiger partial charge on any atom is 0.251 e. The highest BCUT2D eigenvalue weighted by atomic mass is 32.2. The van der Waals surface area contributed by atoms with Crippen LogP contribution in [0, 0.1) is 0 Å². The standard InChI is InChI=1S/C23H28N2O5S/c1-23(2,3)17-5-7-19(8-6-17)31(27,28)25-12-10-18(11-13-25)24-22(26)16-4-9-20-21(14-16)30-15-29-20/h4-9,14,18H,10-13,15H2,1-3H3,(H,24,26). The Labute approximate surface area is 183 Å². The molecule has 0 atom stereocenters. The number of nitrogens with zero attached hydrogens (tertiary/aromatic N) is 1. The Kier molecular flexibility index (Phi) is 5.70. The zero-order valence-corrected chi connectivity index (χ0v) is 18.9. The highest BCUT2D eigenvalue weighted by Crippen LogP contribution is 2.32. The van der Waals surface area contributed by atoms with Gasteiger partial charge in [0.25, 0.3) is 5.91 Å². The van der Waals surface area contributed by atoms with Crippen molar-refractivity contribution in [2.75, 3.05) is 19.9 Å². The summed E-state index contributed by atoms with van der Waals surface area (Å²) < 4.78 is 38.1. The van der Waals surface area contributed by atoms with E-state index in [0.29, 0.717) is 47.9 Å². The summed E-state index contributed by atoms with van der Waals surface area (Å²) in [6.45, 7) is 7.19. The van der Waals surface area contributed by atoms with Gasteiger partial charge in [-0.15, -0.1) is 0 Å². The Hall–Kier alpha value is -2.58. The second kappa shape index (κ2) is 8.16. The second-order valence-corrected chi connectivity index (χ2v) is 10.9. The summed E-state index contributed by atoms with van der Waals surface area (Å²) in [5.74, 6) is 0.994. The third-order valence-corrected chi connectivity index (χ3v) is 7.69. The molecule has 0 aromatic heterocycles. The SMILES string of the molecule is CC(C)(C)c1ccc(S(=O)(=O)N2CCC(NC(=O)c3ccc4c(c3)OCO4)CC2)cc1. The van der Waals surface area contributed by atoms with Crippen molar-refractivity contribution in [2.45, 2.75) is 50.0 Å². The lowest BCUT2D eigenvalue weighted by atomic mass is 9.87. The fraction of sp³-hybridized carbons (Fsp3) is 0.435. The number of sulfonamides is 1. The van der Waals surface area contributed by atoms with Crippen LogP contribution in [0.25, 0.3) is 0 Å². The summed E-state index contributed by atoms with van der Waals surface area (Å²) >= 11 is 0. The maximum atomic E-state index is 13.0. The van der Waals surface area contributed by atoms with Gasteiger partial charge in [0.2, 0.25) is 16.8 Å². The highest BCUT2D eigenvalue weighted by Gasteiger charge is 2.30. The van der Waals surface area contributed by atoms with E-state index in [9.17, 15) is 13.2 Å². The molecule has 4 rings (SSSR count). The number of nitrogens with one attached hydrogen (secondary N) is 1. The zero-order chi connectivity index (χ0) is 22.2. The van der Waals surface area contributed by atoms with Gasteiger partial charge in [-0.3, -0.25) is 4.79 Å². The molecule has 2 aliphatic heterocycles. The summed E-state index contributed by atoms with van der Waals surface area (Å²) in [6, 6.07) is 12.1. The Morgan fingerprint density at radius 1 is 1.00 bits per heavy atom. The van der Waals surface area contributed by atoms with Crippen LogP contribution < -0.4 is 14.8 Å². The number of ether oxygens (including phenoxy) is 2. The van der Waals surface area contributed by atoms with Gasteiger partial charge in [-0.25, -0.2) is 8.42 Å². The molecule has 166 valence electrons. The quantitative estimate of drug-likeness (QED) is 0.782. The molecule has 31 heavy (non-hydrogen) atoms. The molecule has 0 bridgehead atoms. The van der Waals surface area contributed by atoms with Gasteiger partial charge in [0.15, 0.2) is 11.5 Å². The average Bonchev–Trinajstić information content (AvgIpc) is 3.21. The highest BCUT2D eigenvalue weighted by molar-refractivity contribution is 7.89. The summed E-state index contributed by atoms with van der Waals surface area (Å²) in [4.78, 5) is 12.9. The molecule has 7 nitrogen and oxygen atoms in total. The lowest BCUT2D eigenvalue weighted by molar-refractivity contribution is 0.0923. The van der Waals surface area contributed by atoms with Crippen LogP contribution in [-0.4, -0.2) is 44.6 Å². The van der Waals surface area contributed by atoms with E-state index in [2.05, 4.69) is 26.1 Å². The van der Waals surface area contributed by atoms with Gasteiger partial charge in [-0.05, 0) is 54.2 Å². The molecule has 2 aliphatic rings. The van der Waals surface area contributed by atoms with Crippen LogP contribution in [-0.2, 0) is 15.4 Å². The molecule has 8 heteroatoms. The van der Waals surface area contributed by atoms with Crippen LogP contribution >= 0.6 is 0 Å². The van der Waals surface area contributed by atoms with E-state index in [-0.39, 0.29) is 24.2 Å². The van der Waals surface area contributed by atoms with E-state index in [4.69, 9.17) is 9.47 Å². The van der Waals surface area contributed by atoms with Crippen LogP contribution in [0.4, 0.5) is 0 Å². The minimum absolute atomic E-state index is 0.0309. The molecule has 1 N–H and O–H groups in total. The normalized spacial score (nSPS) is 17.5. The minimum atomic E-state index is -3.54. The molecular formula is C23H28N2O5S. The van der Waals surface area contributed by atoms with Gasteiger partial charge in [-0.2, -0.15) is 4.31 Å². The monoisotopic (exact) mass is 444 g/mol. The number of carbonyl (C=O) groups is 1. The van der Waals surface area contributed by atoms with Crippen molar-refractivity contribution in [1.29, 1.82) is 0 Å². The molecule has 0 radical (unpaired) electrons. The molecule has 1 fully saturated rings. The first-order valence-electron chi connectivity index (χ1n) is 10.5. The molecule has 1 saturated heterocycles. The van der Waals surface area contributed by atoms with E-state index in [1.165, 1.54) is 4.31 Å². The van der Waals surface area contributed by atoms with Crippen molar-refractivity contribution in [2.24, 2.45) is 0 Å². The summed E-state index contributed by atoms with van der Waals surface area (Å²) in [5, 5.41) is 3.01. The van der Waals surface area contributed by atoms with Crippen LogP contribution in [0.5, 0.6) is 11.5 Å². The van der Waals surface area contributed by atoms with Gasteiger partial charge < -0.3 is 14.8 Å². The van der Waals surface area contributed by atoms with Crippen molar-refractivity contribution >= 4 is 15.9 Å². The van der Waals surface area contributed by atoms with Crippen LogP contribution in [0.15, 0.2) is 47.4 Å². The maximum absolute atomic E-state index is 13.0. The van der Waals surface area contributed by atoms with Crippen molar-refractivity contribution in [3.8, 4) is 11.5 Å². The largest absolute Gasteiger partial charge is 0.454 e. The fourth-order valence-electron chi connectivity index (χ4n) is 3.82. The molecule has 0 unspecified atom stereocenters. The summed E-state index contributed by atoms with van der Waals surface area (Å²) in [5.41, 5.74) is 1.56. The third kappa shape index (κ3) is 4.55.